The van der Waals surface area contributed by atoms with Gasteiger partial charge in [0, 0.05) is 44.0 Å². The van der Waals surface area contributed by atoms with Crippen LogP contribution in [-0.2, 0) is 0 Å². The minimum atomic E-state index is 0.884. The molecule has 0 fully saturated rings. The number of furan rings is 2. The van der Waals surface area contributed by atoms with Gasteiger partial charge in [0.1, 0.15) is 22.3 Å². The van der Waals surface area contributed by atoms with E-state index in [1.807, 2.05) is 24.3 Å². The monoisotopic (exact) mass is 703 g/mol. The molecule has 2 heterocycles. The molecule has 2 aromatic heterocycles. The van der Waals surface area contributed by atoms with Crippen LogP contribution in [0.2, 0.25) is 0 Å². The Bertz CT molecular complexity index is 3220. The van der Waals surface area contributed by atoms with E-state index in [0.717, 1.165) is 83.2 Å². The van der Waals surface area contributed by atoms with Crippen molar-refractivity contribution in [2.45, 2.75) is 0 Å². The van der Waals surface area contributed by atoms with Crippen LogP contribution >= 0.6 is 0 Å². The van der Waals surface area contributed by atoms with Gasteiger partial charge >= 0.3 is 0 Å². The summed E-state index contributed by atoms with van der Waals surface area (Å²) in [5.41, 5.74) is 13.4. The van der Waals surface area contributed by atoms with Gasteiger partial charge in [0.05, 0.1) is 5.69 Å². The third kappa shape index (κ3) is 5.20. The summed E-state index contributed by atoms with van der Waals surface area (Å²) in [6, 6.07) is 71.0. The zero-order valence-corrected chi connectivity index (χ0v) is 29.8. The second kappa shape index (κ2) is 12.6. The Morgan fingerprint density at radius 3 is 1.85 bits per heavy atom. The fourth-order valence-electron chi connectivity index (χ4n) is 8.28. The van der Waals surface area contributed by atoms with Crippen molar-refractivity contribution in [3.8, 4) is 33.4 Å². The van der Waals surface area contributed by atoms with Crippen molar-refractivity contribution in [2.24, 2.45) is 0 Å². The molecule has 3 nitrogen and oxygen atoms in total. The SMILES string of the molecule is c1cc(-c2cccc3oc4ccccc4c23)cc(N(c2ccc(-c3ccc4ccccc4c3)cc2)c2ccccc2-c2cccc3c2oc2ccccc23)c1. The number of rotatable bonds is 6. The van der Waals surface area contributed by atoms with E-state index >= 15 is 0 Å². The summed E-state index contributed by atoms with van der Waals surface area (Å²) < 4.78 is 12.9. The summed E-state index contributed by atoms with van der Waals surface area (Å²) in [5, 5.41) is 6.94. The Morgan fingerprint density at radius 1 is 0.327 bits per heavy atom. The van der Waals surface area contributed by atoms with Crippen LogP contribution in [0.25, 0.3) is 88.0 Å². The standard InChI is InChI=1S/C52H33NO2/c1-2-13-36-32-37(27-26-34(36)12-1)35-28-30-39(31-29-35)53(40-15-9-14-38(33-40)41-19-11-25-50-51(41)46-18-5-8-24-49(46)54-50)47-22-6-3-16-42(47)44-20-10-21-45-43-17-4-7-23-48(43)55-52(44)45/h1-33H. The van der Waals surface area contributed by atoms with E-state index < -0.39 is 0 Å². The van der Waals surface area contributed by atoms with Crippen molar-refractivity contribution in [1.29, 1.82) is 0 Å². The molecule has 0 aliphatic rings. The van der Waals surface area contributed by atoms with E-state index in [0.29, 0.717) is 0 Å². The third-order valence-corrected chi connectivity index (χ3v) is 10.9. The van der Waals surface area contributed by atoms with Gasteiger partial charge in [0.15, 0.2) is 0 Å². The molecular weight excluding hydrogens is 671 g/mol. The van der Waals surface area contributed by atoms with Crippen LogP contribution < -0.4 is 4.90 Å². The number of hydrogen-bond acceptors (Lipinski definition) is 3. The van der Waals surface area contributed by atoms with Crippen LogP contribution in [0.4, 0.5) is 17.1 Å². The summed E-state index contributed by atoms with van der Waals surface area (Å²) in [5.74, 6) is 0. The zero-order valence-electron chi connectivity index (χ0n) is 29.8. The van der Waals surface area contributed by atoms with E-state index in [1.54, 1.807) is 0 Å². The van der Waals surface area contributed by atoms with E-state index in [-0.39, 0.29) is 0 Å². The summed E-state index contributed by atoms with van der Waals surface area (Å²) in [6.45, 7) is 0. The topological polar surface area (TPSA) is 29.5 Å². The molecule has 0 saturated carbocycles. The molecule has 9 aromatic carbocycles. The fraction of sp³-hybridized carbons (Fsp3) is 0. The molecule has 0 aliphatic heterocycles. The van der Waals surface area contributed by atoms with Crippen molar-refractivity contribution in [3.63, 3.8) is 0 Å². The summed E-state index contributed by atoms with van der Waals surface area (Å²) in [4.78, 5) is 2.37. The van der Waals surface area contributed by atoms with Crippen LogP contribution in [0.5, 0.6) is 0 Å². The number of fused-ring (bicyclic) bond motifs is 7. The molecular formula is C52H33NO2. The van der Waals surface area contributed by atoms with Crippen molar-refractivity contribution in [1.82, 2.24) is 0 Å². The normalized spacial score (nSPS) is 11.6. The predicted octanol–water partition coefficient (Wildman–Crippen LogP) is 15.1. The summed E-state index contributed by atoms with van der Waals surface area (Å²) >= 11 is 0. The van der Waals surface area contributed by atoms with Gasteiger partial charge in [-0.05, 0) is 87.6 Å². The molecule has 0 N–H and O–H groups in total. The molecule has 55 heavy (non-hydrogen) atoms. The number of benzene rings is 9. The van der Waals surface area contributed by atoms with Crippen LogP contribution in [0.15, 0.2) is 209 Å². The number of anilines is 3. The van der Waals surface area contributed by atoms with Crippen molar-refractivity contribution in [3.05, 3.63) is 200 Å². The van der Waals surface area contributed by atoms with Crippen molar-refractivity contribution >= 4 is 71.7 Å². The first-order chi connectivity index (χ1) is 27.3. The second-order valence-electron chi connectivity index (χ2n) is 14.1. The number of hydrogen-bond donors (Lipinski definition) is 0. The van der Waals surface area contributed by atoms with Gasteiger partial charge in [-0.25, -0.2) is 0 Å². The molecule has 3 heteroatoms. The van der Waals surface area contributed by atoms with Gasteiger partial charge in [0.2, 0.25) is 0 Å². The molecule has 0 unspecified atom stereocenters. The van der Waals surface area contributed by atoms with Gasteiger partial charge in [-0.3, -0.25) is 0 Å². The maximum Gasteiger partial charge on any atom is 0.143 e. The highest BCUT2D eigenvalue weighted by Gasteiger charge is 2.21. The molecule has 0 radical (unpaired) electrons. The molecule has 0 amide bonds. The second-order valence-corrected chi connectivity index (χ2v) is 14.1. The largest absolute Gasteiger partial charge is 0.456 e. The van der Waals surface area contributed by atoms with Crippen LogP contribution in [0.3, 0.4) is 0 Å². The average molecular weight is 704 g/mol. The first kappa shape index (κ1) is 31.2. The van der Waals surface area contributed by atoms with Crippen LogP contribution in [-0.4, -0.2) is 0 Å². The van der Waals surface area contributed by atoms with Crippen molar-refractivity contribution < 1.29 is 8.83 Å². The Balaban J connectivity index is 1.11. The fourth-order valence-corrected chi connectivity index (χ4v) is 8.28. The predicted molar refractivity (Wildman–Crippen MR) is 229 cm³/mol. The molecule has 0 atom stereocenters. The Kier molecular flexibility index (Phi) is 7.17. The van der Waals surface area contributed by atoms with Crippen LogP contribution in [0, 0.1) is 0 Å². The van der Waals surface area contributed by atoms with E-state index in [9.17, 15) is 0 Å². The lowest BCUT2D eigenvalue weighted by atomic mass is 9.97. The smallest absolute Gasteiger partial charge is 0.143 e. The lowest BCUT2D eigenvalue weighted by Gasteiger charge is -2.28. The lowest BCUT2D eigenvalue weighted by Crippen LogP contribution is -2.11. The summed E-state index contributed by atoms with van der Waals surface area (Å²) in [7, 11) is 0. The quantitative estimate of drug-likeness (QED) is 0.173. The van der Waals surface area contributed by atoms with Gasteiger partial charge in [-0.15, -0.1) is 0 Å². The summed E-state index contributed by atoms with van der Waals surface area (Å²) in [6.07, 6.45) is 0. The molecule has 0 saturated heterocycles. The van der Waals surface area contributed by atoms with E-state index in [1.165, 1.54) is 21.9 Å². The highest BCUT2D eigenvalue weighted by atomic mass is 16.3. The van der Waals surface area contributed by atoms with E-state index in [4.69, 9.17) is 8.83 Å². The number of para-hydroxylation sites is 4. The highest BCUT2D eigenvalue weighted by molar-refractivity contribution is 6.13. The molecule has 11 rings (SSSR count). The first-order valence-corrected chi connectivity index (χ1v) is 18.7. The molecule has 11 aromatic rings. The molecule has 0 aliphatic carbocycles. The average Bonchev–Trinajstić information content (AvgIpc) is 3.83. The van der Waals surface area contributed by atoms with E-state index in [2.05, 4.69) is 181 Å². The van der Waals surface area contributed by atoms with Crippen molar-refractivity contribution in [2.75, 3.05) is 4.90 Å². The zero-order chi connectivity index (χ0) is 36.3. The Hall–Kier alpha value is -7.36. The van der Waals surface area contributed by atoms with Gasteiger partial charge in [-0.1, -0.05) is 146 Å². The first-order valence-electron chi connectivity index (χ1n) is 18.7. The Morgan fingerprint density at radius 2 is 0.964 bits per heavy atom. The minimum absolute atomic E-state index is 0.884. The van der Waals surface area contributed by atoms with Crippen LogP contribution in [0.1, 0.15) is 0 Å². The number of nitrogens with zero attached hydrogens (tertiary/aromatic N) is 1. The third-order valence-electron chi connectivity index (χ3n) is 10.9. The molecule has 0 bridgehead atoms. The highest BCUT2D eigenvalue weighted by Crippen LogP contribution is 2.46. The Labute approximate surface area is 317 Å². The molecule has 0 spiro atoms. The maximum atomic E-state index is 6.60. The van der Waals surface area contributed by atoms with Gasteiger partial charge in [-0.2, -0.15) is 0 Å². The minimum Gasteiger partial charge on any atom is -0.456 e. The van der Waals surface area contributed by atoms with Gasteiger partial charge < -0.3 is 13.7 Å². The van der Waals surface area contributed by atoms with Gasteiger partial charge in [0.25, 0.3) is 0 Å². The maximum absolute atomic E-state index is 6.60. The molecule has 258 valence electrons. The lowest BCUT2D eigenvalue weighted by molar-refractivity contribution is 0.669.